The van der Waals surface area contributed by atoms with Crippen LogP contribution in [0, 0.1) is 0 Å². The van der Waals surface area contributed by atoms with Gasteiger partial charge in [-0.3, -0.25) is 4.79 Å². The van der Waals surface area contributed by atoms with Gasteiger partial charge in [0, 0.05) is 24.2 Å². The third kappa shape index (κ3) is 5.22. The van der Waals surface area contributed by atoms with Crippen LogP contribution in [0.15, 0.2) is 30.5 Å². The summed E-state index contributed by atoms with van der Waals surface area (Å²) in [5.41, 5.74) is 0.480. The van der Waals surface area contributed by atoms with E-state index in [-0.39, 0.29) is 17.6 Å². The molecule has 3 rings (SSSR count). The number of hydrogen-bond acceptors (Lipinski definition) is 5. The van der Waals surface area contributed by atoms with Crippen LogP contribution in [0.5, 0.6) is 0 Å². The number of likely N-dealkylation sites (tertiary alicyclic amines) is 1. The predicted molar refractivity (Wildman–Crippen MR) is 105 cm³/mol. The number of nitrogens with one attached hydrogen (secondary N) is 1. The van der Waals surface area contributed by atoms with Gasteiger partial charge >= 0.3 is 6.09 Å². The smallest absolute Gasteiger partial charge is 0.407 e. The molecule has 1 aromatic carbocycles. The number of piperidine rings is 1. The van der Waals surface area contributed by atoms with E-state index in [0.717, 1.165) is 5.69 Å². The van der Waals surface area contributed by atoms with Gasteiger partial charge in [0.15, 0.2) is 5.69 Å². The molecule has 2 aromatic rings. The minimum Gasteiger partial charge on any atom is -0.444 e. The van der Waals surface area contributed by atoms with E-state index in [1.807, 2.05) is 32.9 Å². The number of benzene rings is 1. The molecule has 0 unspecified atom stereocenters. The highest BCUT2D eigenvalue weighted by Gasteiger charge is 2.27. The van der Waals surface area contributed by atoms with Gasteiger partial charge in [0.2, 0.25) is 0 Å². The molecule has 0 radical (unpaired) electrons. The number of ether oxygens (including phenoxy) is 1. The fourth-order valence-electron chi connectivity index (χ4n) is 2.97. The average Bonchev–Trinajstić information content (AvgIpc) is 3.10. The number of halogens is 1. The predicted octanol–water partition coefficient (Wildman–Crippen LogP) is 3.05. The lowest BCUT2D eigenvalue weighted by Crippen LogP contribution is -2.47. The van der Waals surface area contributed by atoms with E-state index in [9.17, 15) is 9.59 Å². The summed E-state index contributed by atoms with van der Waals surface area (Å²) in [6.45, 7) is 6.53. The number of carbonyl (C=O) groups excluding carboxylic acids is 2. The Morgan fingerprint density at radius 1 is 1.25 bits per heavy atom. The molecule has 2 amide bonds. The first-order valence-corrected chi connectivity index (χ1v) is 9.56. The van der Waals surface area contributed by atoms with Crippen molar-refractivity contribution in [2.75, 3.05) is 13.1 Å². The lowest BCUT2D eigenvalue weighted by atomic mass is 10.0. The summed E-state index contributed by atoms with van der Waals surface area (Å²) in [4.78, 5) is 26.3. The third-order valence-corrected chi connectivity index (χ3v) is 4.52. The lowest BCUT2D eigenvalue weighted by Gasteiger charge is -2.32. The van der Waals surface area contributed by atoms with Gasteiger partial charge in [0.25, 0.3) is 5.91 Å². The zero-order chi connectivity index (χ0) is 20.3. The summed E-state index contributed by atoms with van der Waals surface area (Å²) in [6, 6.07) is 7.15. The van der Waals surface area contributed by atoms with Crippen molar-refractivity contribution in [3.8, 4) is 5.69 Å². The summed E-state index contributed by atoms with van der Waals surface area (Å²) in [5.74, 6) is -0.177. The van der Waals surface area contributed by atoms with Gasteiger partial charge in [-0.2, -0.15) is 0 Å². The second-order valence-electron chi connectivity index (χ2n) is 7.74. The molecule has 1 fully saturated rings. The van der Waals surface area contributed by atoms with Gasteiger partial charge in [-0.15, -0.1) is 5.10 Å². The average molecular weight is 406 g/mol. The first-order chi connectivity index (χ1) is 13.2. The molecule has 2 heterocycles. The Morgan fingerprint density at radius 2 is 1.96 bits per heavy atom. The summed E-state index contributed by atoms with van der Waals surface area (Å²) >= 11 is 6.00. The molecule has 0 bridgehead atoms. The second-order valence-corrected chi connectivity index (χ2v) is 8.18. The van der Waals surface area contributed by atoms with Gasteiger partial charge in [-0.1, -0.05) is 22.9 Å². The number of carbonyl (C=O) groups is 2. The standard InChI is InChI=1S/C19H24ClN5O3/c1-19(2,3)28-18(27)21-14-7-9-24(10-8-14)17(26)16-12-25(23-22-16)15-6-4-5-13(20)11-15/h4-6,11-12,14H,7-10H2,1-3H3,(H,21,27). The van der Waals surface area contributed by atoms with E-state index >= 15 is 0 Å². The highest BCUT2D eigenvalue weighted by atomic mass is 35.5. The Labute approximate surface area is 168 Å². The van der Waals surface area contributed by atoms with Crippen LogP contribution in [-0.2, 0) is 4.74 Å². The number of aromatic nitrogens is 3. The van der Waals surface area contributed by atoms with Crippen LogP contribution in [0.2, 0.25) is 5.02 Å². The molecule has 8 nitrogen and oxygen atoms in total. The van der Waals surface area contributed by atoms with Crippen LogP contribution in [0.4, 0.5) is 4.79 Å². The van der Waals surface area contributed by atoms with Crippen molar-refractivity contribution < 1.29 is 14.3 Å². The molecule has 1 aromatic heterocycles. The number of amides is 2. The Kier molecular flexibility index (Phi) is 5.88. The first kappa shape index (κ1) is 20.1. The third-order valence-electron chi connectivity index (χ3n) is 4.29. The summed E-state index contributed by atoms with van der Waals surface area (Å²) in [7, 11) is 0. The number of rotatable bonds is 3. The molecule has 1 saturated heterocycles. The van der Waals surface area contributed by atoms with Crippen molar-refractivity contribution in [1.29, 1.82) is 0 Å². The van der Waals surface area contributed by atoms with E-state index in [1.165, 1.54) is 4.68 Å². The van der Waals surface area contributed by atoms with Crippen LogP contribution >= 0.6 is 11.6 Å². The van der Waals surface area contributed by atoms with Gasteiger partial charge < -0.3 is 15.0 Å². The fraction of sp³-hybridized carbons (Fsp3) is 0.474. The van der Waals surface area contributed by atoms with Crippen LogP contribution in [-0.4, -0.2) is 56.6 Å². The summed E-state index contributed by atoms with van der Waals surface area (Å²) in [5, 5.41) is 11.5. The van der Waals surface area contributed by atoms with Crippen LogP contribution in [0.1, 0.15) is 44.1 Å². The molecule has 1 aliphatic rings. The van der Waals surface area contributed by atoms with E-state index in [0.29, 0.717) is 31.0 Å². The second kappa shape index (κ2) is 8.18. The quantitative estimate of drug-likeness (QED) is 0.847. The highest BCUT2D eigenvalue weighted by molar-refractivity contribution is 6.30. The fourth-order valence-corrected chi connectivity index (χ4v) is 3.15. The largest absolute Gasteiger partial charge is 0.444 e. The topological polar surface area (TPSA) is 89.4 Å². The zero-order valence-electron chi connectivity index (χ0n) is 16.2. The van der Waals surface area contributed by atoms with Crippen LogP contribution in [0.25, 0.3) is 5.69 Å². The van der Waals surface area contributed by atoms with E-state index in [4.69, 9.17) is 16.3 Å². The molecule has 1 aliphatic heterocycles. The van der Waals surface area contributed by atoms with Crippen molar-refractivity contribution >= 4 is 23.6 Å². The summed E-state index contributed by atoms with van der Waals surface area (Å²) < 4.78 is 6.80. The molecule has 0 spiro atoms. The molecular weight excluding hydrogens is 382 g/mol. The maximum atomic E-state index is 12.7. The van der Waals surface area contributed by atoms with Gasteiger partial charge in [-0.25, -0.2) is 9.48 Å². The van der Waals surface area contributed by atoms with Crippen molar-refractivity contribution in [2.45, 2.75) is 45.3 Å². The van der Waals surface area contributed by atoms with E-state index < -0.39 is 11.7 Å². The molecule has 9 heteroatoms. The maximum Gasteiger partial charge on any atom is 0.407 e. The normalized spacial score (nSPS) is 15.4. The van der Waals surface area contributed by atoms with Crippen molar-refractivity contribution in [3.63, 3.8) is 0 Å². The minimum atomic E-state index is -0.532. The molecule has 0 aliphatic carbocycles. The van der Waals surface area contributed by atoms with Gasteiger partial charge in [-0.05, 0) is 51.8 Å². The Hall–Kier alpha value is -2.61. The van der Waals surface area contributed by atoms with Crippen molar-refractivity contribution in [1.82, 2.24) is 25.2 Å². The van der Waals surface area contributed by atoms with Crippen LogP contribution < -0.4 is 5.32 Å². The summed E-state index contributed by atoms with van der Waals surface area (Å²) in [6.07, 6.45) is 2.49. The first-order valence-electron chi connectivity index (χ1n) is 9.18. The monoisotopic (exact) mass is 405 g/mol. The van der Waals surface area contributed by atoms with Gasteiger partial charge in [0.05, 0.1) is 11.9 Å². The molecule has 150 valence electrons. The molecule has 0 saturated carbocycles. The Morgan fingerprint density at radius 3 is 2.61 bits per heavy atom. The van der Waals surface area contributed by atoms with Crippen LogP contribution in [0.3, 0.4) is 0 Å². The SMILES string of the molecule is CC(C)(C)OC(=O)NC1CCN(C(=O)c2cn(-c3cccc(Cl)c3)nn2)CC1. The van der Waals surface area contributed by atoms with Crippen molar-refractivity contribution in [2.24, 2.45) is 0 Å². The molecule has 28 heavy (non-hydrogen) atoms. The molecule has 1 N–H and O–H groups in total. The number of hydrogen-bond donors (Lipinski definition) is 1. The van der Waals surface area contributed by atoms with Crippen molar-refractivity contribution in [3.05, 3.63) is 41.2 Å². The Balaban J connectivity index is 1.55. The van der Waals surface area contributed by atoms with Gasteiger partial charge in [0.1, 0.15) is 5.60 Å². The van der Waals surface area contributed by atoms with E-state index in [1.54, 1.807) is 23.2 Å². The molecular formula is C19H24ClN5O3. The molecule has 0 atom stereocenters. The lowest BCUT2D eigenvalue weighted by molar-refractivity contribution is 0.0473. The highest BCUT2D eigenvalue weighted by Crippen LogP contribution is 2.17. The zero-order valence-corrected chi connectivity index (χ0v) is 16.9. The Bertz CT molecular complexity index is 853. The van der Waals surface area contributed by atoms with E-state index in [2.05, 4.69) is 15.6 Å². The number of alkyl carbamates (subject to hydrolysis) is 1. The minimum absolute atomic E-state index is 0.0129. The maximum absolute atomic E-state index is 12.7. The number of nitrogens with zero attached hydrogens (tertiary/aromatic N) is 4.